The molecular weight excluding hydrogens is 1260 g/mol. The molecular formula is C100H90N4. The van der Waals surface area contributed by atoms with E-state index < -0.39 is 5.41 Å². The Labute approximate surface area is 614 Å². The van der Waals surface area contributed by atoms with Gasteiger partial charge < -0.3 is 0 Å². The highest BCUT2D eigenvalue weighted by Gasteiger charge is 2.47. The third-order valence-electron chi connectivity index (χ3n) is 21.8. The molecule has 2 aromatic heterocycles. The molecule has 1 unspecified atom stereocenters. The summed E-state index contributed by atoms with van der Waals surface area (Å²) >= 11 is 0. The number of hydrogen-bond acceptors (Lipinski definition) is 3. The van der Waals surface area contributed by atoms with Crippen molar-refractivity contribution in [3.63, 3.8) is 0 Å². The molecule has 510 valence electrons. The van der Waals surface area contributed by atoms with Crippen molar-refractivity contribution in [1.82, 2.24) is 19.5 Å². The van der Waals surface area contributed by atoms with Gasteiger partial charge in [-0.05, 0) is 210 Å². The predicted molar refractivity (Wildman–Crippen MR) is 438 cm³/mol. The molecule has 1 aliphatic rings. The highest BCUT2D eigenvalue weighted by Crippen LogP contribution is 2.58. The highest BCUT2D eigenvalue weighted by molar-refractivity contribution is 6.12. The molecule has 0 spiro atoms. The van der Waals surface area contributed by atoms with Gasteiger partial charge in [-0.1, -0.05) is 333 Å². The maximum Gasteiger partial charge on any atom is 0.238 e. The van der Waals surface area contributed by atoms with E-state index in [4.69, 9.17) is 15.0 Å². The molecule has 0 bridgehead atoms. The Balaban J connectivity index is 0.854. The van der Waals surface area contributed by atoms with Gasteiger partial charge in [0.15, 0.2) is 11.6 Å². The molecule has 1 aliphatic carbocycles. The maximum absolute atomic E-state index is 5.61. The van der Waals surface area contributed by atoms with Gasteiger partial charge in [0.1, 0.15) is 0 Å². The lowest BCUT2D eigenvalue weighted by Crippen LogP contribution is -2.28. The SMILES string of the molecule is CCCCCCc1ccc(-c2cc(-c3ccc(CCCCCC)cc3)cc(-c3cccc(-c4cccc(C5(c6ccccc6)c6ccccc6-c6cc7c8cc(CCCCCC)ccc8n(-c8nc(-c9ccc(-c%10ccccc%10)cc9)nc(-c9ccc(-c%10ccccc%10)cc9)n8)c7cc65)c4)c3)c2)cc1. The lowest BCUT2D eigenvalue weighted by atomic mass is 9.67. The van der Waals surface area contributed by atoms with Gasteiger partial charge in [0.2, 0.25) is 5.95 Å². The van der Waals surface area contributed by atoms with E-state index in [1.807, 2.05) is 0 Å². The van der Waals surface area contributed by atoms with Crippen LogP contribution in [0.15, 0.2) is 309 Å². The second-order valence-electron chi connectivity index (χ2n) is 28.7. The van der Waals surface area contributed by atoms with Crippen LogP contribution in [0.25, 0.3) is 128 Å². The van der Waals surface area contributed by atoms with E-state index in [1.54, 1.807) is 0 Å². The molecule has 0 aliphatic heterocycles. The van der Waals surface area contributed by atoms with Crippen LogP contribution < -0.4 is 0 Å². The summed E-state index contributed by atoms with van der Waals surface area (Å²) in [6.45, 7) is 6.86. The highest BCUT2D eigenvalue weighted by atomic mass is 15.2. The second kappa shape index (κ2) is 30.7. The van der Waals surface area contributed by atoms with Gasteiger partial charge in [-0.15, -0.1) is 0 Å². The average Bonchev–Trinajstić information content (AvgIpc) is 1.52. The molecule has 0 amide bonds. The fourth-order valence-electron chi connectivity index (χ4n) is 16.2. The molecule has 13 aromatic carbocycles. The number of nitrogens with zero attached hydrogens (tertiary/aromatic N) is 4. The molecule has 0 radical (unpaired) electrons. The van der Waals surface area contributed by atoms with Gasteiger partial charge in [0.25, 0.3) is 0 Å². The lowest BCUT2D eigenvalue weighted by Gasteiger charge is -2.34. The number of rotatable bonds is 26. The molecule has 0 saturated heterocycles. The Morgan fingerprint density at radius 3 is 1.19 bits per heavy atom. The minimum atomic E-state index is -0.740. The monoisotopic (exact) mass is 1350 g/mol. The predicted octanol–water partition coefficient (Wildman–Crippen LogP) is 27.0. The zero-order chi connectivity index (χ0) is 70.2. The van der Waals surface area contributed by atoms with Crippen molar-refractivity contribution in [2.75, 3.05) is 0 Å². The van der Waals surface area contributed by atoms with E-state index >= 15 is 0 Å². The zero-order valence-corrected chi connectivity index (χ0v) is 60.3. The van der Waals surface area contributed by atoms with Crippen molar-refractivity contribution in [1.29, 1.82) is 0 Å². The van der Waals surface area contributed by atoms with Crippen molar-refractivity contribution in [2.24, 2.45) is 0 Å². The Morgan fingerprint density at radius 2 is 0.644 bits per heavy atom. The third kappa shape index (κ3) is 13.7. The number of aromatic nitrogens is 4. The van der Waals surface area contributed by atoms with Gasteiger partial charge in [0, 0.05) is 21.9 Å². The van der Waals surface area contributed by atoms with Crippen LogP contribution in [0.3, 0.4) is 0 Å². The van der Waals surface area contributed by atoms with Crippen molar-refractivity contribution in [3.05, 3.63) is 348 Å². The molecule has 0 saturated carbocycles. The van der Waals surface area contributed by atoms with E-state index in [0.29, 0.717) is 17.6 Å². The van der Waals surface area contributed by atoms with Crippen LogP contribution in [0.4, 0.5) is 0 Å². The Hall–Kier alpha value is -11.3. The van der Waals surface area contributed by atoms with Crippen LogP contribution in [-0.2, 0) is 24.7 Å². The standard InChI is InChI=1S/C100H90N4/c1-4-7-10-16-29-70-44-49-77(50-45-70)84-64-85(78-51-46-71(47-52-78)30-17-11-8-5-2)66-86(65-84)82-37-27-36-81(63-82)83-38-28-41-88(67-83)100(87-39-23-15-24-40-87)93-43-26-25-42-89(93)90-68-92-91-62-72(31-18-12-9-6-3)48-61-95(91)104(96(92)69-94(90)100)99-102-97(79-57-53-75(54-58-79)73-32-19-13-20-33-73)101-98(103-99)80-59-55-76(56-60-80)74-34-21-14-22-35-74/h13-15,19-28,32-69H,4-12,16-18,29-31H2,1-3H3. The average molecular weight is 1350 g/mol. The molecule has 1 atom stereocenters. The molecule has 16 rings (SSSR count). The summed E-state index contributed by atoms with van der Waals surface area (Å²) in [4.78, 5) is 16.6. The van der Waals surface area contributed by atoms with Gasteiger partial charge in [-0.25, -0.2) is 4.98 Å². The molecule has 4 heteroatoms. The summed E-state index contributed by atoms with van der Waals surface area (Å²) in [7, 11) is 0. The smallest absolute Gasteiger partial charge is 0.238 e. The Morgan fingerprint density at radius 1 is 0.250 bits per heavy atom. The molecule has 0 fully saturated rings. The van der Waals surface area contributed by atoms with Gasteiger partial charge in [0.05, 0.1) is 16.4 Å². The molecule has 0 N–H and O–H groups in total. The van der Waals surface area contributed by atoms with Crippen molar-refractivity contribution in [3.8, 4) is 107 Å². The summed E-state index contributed by atoms with van der Waals surface area (Å²) < 4.78 is 2.34. The second-order valence-corrected chi connectivity index (χ2v) is 28.7. The van der Waals surface area contributed by atoms with Crippen LogP contribution in [0.1, 0.15) is 137 Å². The number of unbranched alkanes of at least 4 members (excludes halogenated alkanes) is 9. The van der Waals surface area contributed by atoms with E-state index in [1.165, 1.54) is 159 Å². The first-order valence-corrected chi connectivity index (χ1v) is 38.3. The van der Waals surface area contributed by atoms with Gasteiger partial charge in [-0.3, -0.25) is 4.57 Å². The molecule has 15 aromatic rings. The third-order valence-corrected chi connectivity index (χ3v) is 21.8. The van der Waals surface area contributed by atoms with E-state index in [-0.39, 0.29) is 0 Å². The van der Waals surface area contributed by atoms with E-state index in [9.17, 15) is 0 Å². The Kier molecular flexibility index (Phi) is 19.8. The van der Waals surface area contributed by atoms with Crippen molar-refractivity contribution >= 4 is 21.8 Å². The summed E-state index contributed by atoms with van der Waals surface area (Å²) in [5, 5.41) is 2.35. The van der Waals surface area contributed by atoms with Gasteiger partial charge in [-0.2, -0.15) is 9.97 Å². The fraction of sp³-hybridized carbons (Fsp3) is 0.190. The first-order chi connectivity index (χ1) is 51.4. The first-order valence-electron chi connectivity index (χ1n) is 38.3. The van der Waals surface area contributed by atoms with E-state index in [2.05, 4.69) is 335 Å². The van der Waals surface area contributed by atoms with Crippen LogP contribution in [-0.4, -0.2) is 19.5 Å². The normalized spacial score (nSPS) is 13.2. The summed E-state index contributed by atoms with van der Waals surface area (Å²) in [5.74, 6) is 1.78. The van der Waals surface area contributed by atoms with Crippen LogP contribution in [0.2, 0.25) is 0 Å². The summed E-state index contributed by atoms with van der Waals surface area (Å²) in [5.41, 5.74) is 28.9. The number of aryl methyl sites for hydroxylation is 3. The summed E-state index contributed by atoms with van der Waals surface area (Å²) in [6, 6.07) is 116. The minimum absolute atomic E-state index is 0.567. The van der Waals surface area contributed by atoms with Crippen LogP contribution >= 0.6 is 0 Å². The van der Waals surface area contributed by atoms with Crippen molar-refractivity contribution in [2.45, 2.75) is 122 Å². The lowest BCUT2D eigenvalue weighted by molar-refractivity contribution is 0.667. The summed E-state index contributed by atoms with van der Waals surface area (Å²) in [6.07, 6.45) is 18.2. The number of fused-ring (bicyclic) bond motifs is 6. The maximum atomic E-state index is 5.61. The molecule has 104 heavy (non-hydrogen) atoms. The topological polar surface area (TPSA) is 43.6 Å². The Bertz CT molecular complexity index is 5290. The van der Waals surface area contributed by atoms with Crippen LogP contribution in [0, 0.1) is 0 Å². The molecule has 4 nitrogen and oxygen atoms in total. The largest absolute Gasteiger partial charge is 0.278 e. The quantitative estimate of drug-likeness (QED) is 0.0508. The minimum Gasteiger partial charge on any atom is -0.278 e. The van der Waals surface area contributed by atoms with Gasteiger partial charge >= 0.3 is 0 Å². The van der Waals surface area contributed by atoms with Crippen LogP contribution in [0.5, 0.6) is 0 Å². The first kappa shape index (κ1) is 67.2. The number of benzene rings is 13. The number of hydrogen-bond donors (Lipinski definition) is 0. The van der Waals surface area contributed by atoms with E-state index in [0.717, 1.165) is 86.6 Å². The fourth-order valence-corrected chi connectivity index (χ4v) is 16.2. The molecule has 2 heterocycles. The zero-order valence-electron chi connectivity index (χ0n) is 60.3. The van der Waals surface area contributed by atoms with Crippen molar-refractivity contribution < 1.29 is 0 Å².